The van der Waals surface area contributed by atoms with Crippen LogP contribution in [0.5, 0.6) is 0 Å². The Morgan fingerprint density at radius 2 is 2.00 bits per heavy atom. The minimum Gasteiger partial charge on any atom is -0.379 e. The van der Waals surface area contributed by atoms with Gasteiger partial charge in [0.15, 0.2) is 0 Å². The summed E-state index contributed by atoms with van der Waals surface area (Å²) in [5.41, 5.74) is 0. The molecule has 1 heterocycles. The van der Waals surface area contributed by atoms with Crippen LogP contribution in [-0.2, 0) is 9.53 Å². The van der Waals surface area contributed by atoms with Crippen molar-refractivity contribution in [1.82, 2.24) is 4.90 Å². The minimum absolute atomic E-state index is 0.532. The summed E-state index contributed by atoms with van der Waals surface area (Å²) in [7, 11) is 0. The fourth-order valence-corrected chi connectivity index (χ4v) is 1.16. The molecule has 0 bridgehead atoms. The standard InChI is InChI=1S/C9H15NO2/c11-7-3-1-2-4-10-5-8-12-9-6-10/h1-2,7H,3-6,8-9H2/b2-1+. The van der Waals surface area contributed by atoms with Gasteiger partial charge < -0.3 is 9.53 Å². The Bertz CT molecular complexity index is 151. The van der Waals surface area contributed by atoms with Gasteiger partial charge >= 0.3 is 0 Å². The zero-order valence-electron chi connectivity index (χ0n) is 7.24. The Kier molecular flexibility index (Phi) is 4.64. The van der Waals surface area contributed by atoms with Gasteiger partial charge in [-0.05, 0) is 0 Å². The number of morpholine rings is 1. The van der Waals surface area contributed by atoms with Crippen molar-refractivity contribution in [2.75, 3.05) is 32.8 Å². The van der Waals surface area contributed by atoms with E-state index in [2.05, 4.69) is 4.90 Å². The zero-order chi connectivity index (χ0) is 8.65. The van der Waals surface area contributed by atoms with E-state index in [1.807, 2.05) is 12.2 Å². The van der Waals surface area contributed by atoms with Crippen molar-refractivity contribution >= 4 is 6.29 Å². The van der Waals surface area contributed by atoms with Crippen molar-refractivity contribution in [3.63, 3.8) is 0 Å². The molecule has 3 nitrogen and oxygen atoms in total. The monoisotopic (exact) mass is 169 g/mol. The maximum absolute atomic E-state index is 9.97. The van der Waals surface area contributed by atoms with Gasteiger partial charge in [0.1, 0.15) is 6.29 Å². The molecule has 3 heteroatoms. The number of hydrogen-bond acceptors (Lipinski definition) is 3. The molecule has 1 aliphatic rings. The van der Waals surface area contributed by atoms with Gasteiger partial charge in [-0.15, -0.1) is 0 Å². The number of aldehydes is 1. The Balaban J connectivity index is 2.08. The topological polar surface area (TPSA) is 29.5 Å². The molecule has 0 radical (unpaired) electrons. The molecule has 0 unspecified atom stereocenters. The molecule has 12 heavy (non-hydrogen) atoms. The normalized spacial score (nSPS) is 20.0. The molecule has 1 aliphatic heterocycles. The van der Waals surface area contributed by atoms with Crippen molar-refractivity contribution in [2.45, 2.75) is 6.42 Å². The molecule has 1 saturated heterocycles. The van der Waals surface area contributed by atoms with E-state index < -0.39 is 0 Å². The Morgan fingerprint density at radius 3 is 2.67 bits per heavy atom. The van der Waals surface area contributed by atoms with Gasteiger partial charge in [0.05, 0.1) is 13.2 Å². The Labute approximate surface area is 73.0 Å². The molecule has 0 atom stereocenters. The van der Waals surface area contributed by atoms with Crippen LogP contribution < -0.4 is 0 Å². The zero-order valence-corrected chi connectivity index (χ0v) is 7.24. The summed E-state index contributed by atoms with van der Waals surface area (Å²) in [5, 5.41) is 0. The molecule has 0 aromatic heterocycles. The fourth-order valence-electron chi connectivity index (χ4n) is 1.16. The van der Waals surface area contributed by atoms with Gasteiger partial charge in [-0.1, -0.05) is 12.2 Å². The van der Waals surface area contributed by atoms with Crippen LogP contribution in [0.4, 0.5) is 0 Å². The van der Waals surface area contributed by atoms with Gasteiger partial charge in [-0.2, -0.15) is 0 Å². The van der Waals surface area contributed by atoms with Gasteiger partial charge in [-0.3, -0.25) is 4.90 Å². The van der Waals surface area contributed by atoms with E-state index in [-0.39, 0.29) is 0 Å². The van der Waals surface area contributed by atoms with Crippen LogP contribution in [0.3, 0.4) is 0 Å². The third-order valence-electron chi connectivity index (χ3n) is 1.87. The van der Waals surface area contributed by atoms with Crippen LogP contribution in [-0.4, -0.2) is 44.0 Å². The average Bonchev–Trinajstić information content (AvgIpc) is 2.14. The fraction of sp³-hybridized carbons (Fsp3) is 0.667. The van der Waals surface area contributed by atoms with Crippen LogP contribution in [0.15, 0.2) is 12.2 Å². The minimum atomic E-state index is 0.532. The van der Waals surface area contributed by atoms with Crippen LogP contribution in [0.2, 0.25) is 0 Å². The lowest BCUT2D eigenvalue weighted by atomic mass is 10.3. The maximum Gasteiger partial charge on any atom is 0.123 e. The number of nitrogens with zero attached hydrogens (tertiary/aromatic N) is 1. The third-order valence-corrected chi connectivity index (χ3v) is 1.87. The second-order valence-electron chi connectivity index (χ2n) is 2.79. The molecule has 0 spiro atoms. The van der Waals surface area contributed by atoms with Crippen LogP contribution in [0, 0.1) is 0 Å². The van der Waals surface area contributed by atoms with Crippen LogP contribution in [0.25, 0.3) is 0 Å². The molecular formula is C9H15NO2. The van der Waals surface area contributed by atoms with E-state index in [1.165, 1.54) is 0 Å². The first-order valence-electron chi connectivity index (χ1n) is 4.32. The van der Waals surface area contributed by atoms with Crippen LogP contribution >= 0.6 is 0 Å². The van der Waals surface area contributed by atoms with E-state index in [0.717, 1.165) is 39.1 Å². The van der Waals surface area contributed by atoms with E-state index in [0.29, 0.717) is 6.42 Å². The lowest BCUT2D eigenvalue weighted by Crippen LogP contribution is -2.36. The summed E-state index contributed by atoms with van der Waals surface area (Å²) in [4.78, 5) is 12.3. The number of ether oxygens (including phenoxy) is 1. The number of carbonyl (C=O) groups is 1. The van der Waals surface area contributed by atoms with Gasteiger partial charge in [0.25, 0.3) is 0 Å². The van der Waals surface area contributed by atoms with Gasteiger partial charge in [-0.25, -0.2) is 0 Å². The average molecular weight is 169 g/mol. The lowest BCUT2D eigenvalue weighted by molar-refractivity contribution is -0.107. The van der Waals surface area contributed by atoms with Crippen molar-refractivity contribution in [3.05, 3.63) is 12.2 Å². The first-order valence-corrected chi connectivity index (χ1v) is 4.32. The van der Waals surface area contributed by atoms with Gasteiger partial charge in [0.2, 0.25) is 0 Å². The number of hydrogen-bond donors (Lipinski definition) is 0. The summed E-state index contributed by atoms with van der Waals surface area (Å²) >= 11 is 0. The summed E-state index contributed by atoms with van der Waals surface area (Å²) in [6, 6.07) is 0. The molecule has 0 aromatic carbocycles. The van der Waals surface area contributed by atoms with E-state index >= 15 is 0 Å². The van der Waals surface area contributed by atoms with Crippen molar-refractivity contribution in [1.29, 1.82) is 0 Å². The smallest absolute Gasteiger partial charge is 0.123 e. The lowest BCUT2D eigenvalue weighted by Gasteiger charge is -2.25. The van der Waals surface area contributed by atoms with Crippen molar-refractivity contribution in [2.24, 2.45) is 0 Å². The molecular weight excluding hydrogens is 154 g/mol. The van der Waals surface area contributed by atoms with E-state index in [1.54, 1.807) is 0 Å². The molecule has 0 aromatic rings. The summed E-state index contributed by atoms with van der Waals surface area (Å²) in [6.45, 7) is 4.62. The molecule has 1 fully saturated rings. The maximum atomic E-state index is 9.97. The Hall–Kier alpha value is -0.670. The predicted octanol–water partition coefficient (Wildman–Crippen LogP) is 0.464. The van der Waals surface area contributed by atoms with Crippen molar-refractivity contribution in [3.8, 4) is 0 Å². The highest BCUT2D eigenvalue weighted by molar-refractivity contribution is 5.51. The highest BCUT2D eigenvalue weighted by Gasteiger charge is 2.06. The predicted molar refractivity (Wildman–Crippen MR) is 47.1 cm³/mol. The second kappa shape index (κ2) is 5.91. The summed E-state index contributed by atoms with van der Waals surface area (Å²) in [6.07, 6.45) is 5.39. The quantitative estimate of drug-likeness (QED) is 0.452. The highest BCUT2D eigenvalue weighted by Crippen LogP contribution is 1.96. The molecule has 0 aliphatic carbocycles. The highest BCUT2D eigenvalue weighted by atomic mass is 16.5. The first kappa shape index (κ1) is 9.42. The first-order chi connectivity index (χ1) is 5.93. The van der Waals surface area contributed by atoms with Gasteiger partial charge in [0, 0.05) is 26.1 Å². The number of rotatable bonds is 4. The Morgan fingerprint density at radius 1 is 1.25 bits per heavy atom. The van der Waals surface area contributed by atoms with E-state index in [9.17, 15) is 4.79 Å². The molecule has 0 N–H and O–H groups in total. The molecule has 0 saturated carbocycles. The van der Waals surface area contributed by atoms with E-state index in [4.69, 9.17) is 4.74 Å². The molecule has 0 amide bonds. The molecule has 1 rings (SSSR count). The largest absolute Gasteiger partial charge is 0.379 e. The van der Waals surface area contributed by atoms with Crippen molar-refractivity contribution < 1.29 is 9.53 Å². The third kappa shape index (κ3) is 3.64. The second-order valence-corrected chi connectivity index (χ2v) is 2.79. The number of allylic oxidation sites excluding steroid dienone is 1. The number of carbonyl (C=O) groups excluding carboxylic acids is 1. The van der Waals surface area contributed by atoms with Crippen LogP contribution in [0.1, 0.15) is 6.42 Å². The summed E-state index contributed by atoms with van der Waals surface area (Å²) < 4.78 is 5.21. The molecule has 68 valence electrons. The SMILES string of the molecule is O=CC/C=C/CN1CCOCC1. The summed E-state index contributed by atoms with van der Waals surface area (Å²) in [5.74, 6) is 0.